The molecular formula is C13H19BrN2O. The van der Waals surface area contributed by atoms with E-state index in [0.717, 1.165) is 19.4 Å². The molecule has 0 spiro atoms. The first kappa shape index (κ1) is 11.8. The van der Waals surface area contributed by atoms with Crippen LogP contribution in [0.25, 0.3) is 0 Å². The zero-order valence-corrected chi connectivity index (χ0v) is 12.2. The second kappa shape index (κ2) is 3.37. The normalized spacial score (nSPS) is 48.6. The maximum Gasteiger partial charge on any atom is 0.173 e. The number of likely N-dealkylation sites (tertiary alicyclic amines) is 1. The first-order valence-electron chi connectivity index (χ1n) is 6.21. The zero-order chi connectivity index (χ0) is 12.4. The number of hydroxylamine groups is 3. The zero-order valence-electron chi connectivity index (χ0n) is 10.6. The Morgan fingerprint density at radius 1 is 1.59 bits per heavy atom. The second-order valence-electron chi connectivity index (χ2n) is 5.99. The van der Waals surface area contributed by atoms with Crippen LogP contribution < -0.4 is 0 Å². The summed E-state index contributed by atoms with van der Waals surface area (Å²) in [5, 5.41) is 12.6. The maximum absolute atomic E-state index is 12.6. The Kier molecular flexibility index (Phi) is 2.33. The molecule has 0 bridgehead atoms. The van der Waals surface area contributed by atoms with Crippen LogP contribution in [-0.4, -0.2) is 41.2 Å². The van der Waals surface area contributed by atoms with Crippen LogP contribution >= 0.6 is 15.9 Å². The van der Waals surface area contributed by atoms with E-state index in [9.17, 15) is 5.21 Å². The summed E-state index contributed by atoms with van der Waals surface area (Å²) in [5.41, 5.74) is 2.83. The summed E-state index contributed by atoms with van der Waals surface area (Å²) < 4.78 is -0.124. The molecule has 94 valence electrons. The highest BCUT2D eigenvalue weighted by atomic mass is 79.9. The van der Waals surface area contributed by atoms with Gasteiger partial charge in [0.2, 0.25) is 0 Å². The number of hydrogen-bond donors (Lipinski definition) is 0. The first-order chi connectivity index (χ1) is 7.86. The van der Waals surface area contributed by atoms with E-state index in [0.29, 0.717) is 4.83 Å². The van der Waals surface area contributed by atoms with Crippen molar-refractivity contribution in [3.63, 3.8) is 0 Å². The molecule has 0 radical (unpaired) electrons. The largest absolute Gasteiger partial charge is 0.631 e. The molecule has 3 nitrogen and oxygen atoms in total. The number of likely N-dealkylation sites (N-methyl/N-ethyl adjacent to an activating group) is 1. The maximum atomic E-state index is 12.6. The van der Waals surface area contributed by atoms with Crippen molar-refractivity contribution < 1.29 is 4.65 Å². The number of alkyl halides is 1. The summed E-state index contributed by atoms with van der Waals surface area (Å²) in [6.45, 7) is 3.01. The fourth-order valence-electron chi connectivity index (χ4n) is 4.06. The molecular weight excluding hydrogens is 280 g/mol. The van der Waals surface area contributed by atoms with Crippen LogP contribution in [0.15, 0.2) is 23.4 Å². The third-order valence-electron chi connectivity index (χ3n) is 4.77. The van der Waals surface area contributed by atoms with Crippen molar-refractivity contribution in [1.29, 1.82) is 0 Å². The van der Waals surface area contributed by atoms with Crippen molar-refractivity contribution >= 4 is 15.9 Å². The van der Waals surface area contributed by atoms with Crippen molar-refractivity contribution in [2.45, 2.75) is 30.8 Å². The smallest absolute Gasteiger partial charge is 0.173 e. The van der Waals surface area contributed by atoms with Crippen LogP contribution in [-0.2, 0) is 0 Å². The Hall–Kier alpha value is -0.320. The van der Waals surface area contributed by atoms with Gasteiger partial charge >= 0.3 is 0 Å². The van der Waals surface area contributed by atoms with Crippen molar-refractivity contribution in [2.24, 2.45) is 5.41 Å². The third-order valence-corrected chi connectivity index (χ3v) is 5.40. The molecule has 3 rings (SSSR count). The van der Waals surface area contributed by atoms with Gasteiger partial charge in [0.25, 0.3) is 0 Å². The minimum atomic E-state index is -0.124. The Morgan fingerprint density at radius 3 is 3.00 bits per heavy atom. The van der Waals surface area contributed by atoms with Crippen LogP contribution in [0.1, 0.15) is 19.8 Å². The molecule has 0 saturated carbocycles. The van der Waals surface area contributed by atoms with E-state index in [2.05, 4.69) is 47.0 Å². The van der Waals surface area contributed by atoms with E-state index in [1.807, 2.05) is 7.05 Å². The fraction of sp³-hybridized carbons (Fsp3) is 0.692. The summed E-state index contributed by atoms with van der Waals surface area (Å²) in [7, 11) is 3.89. The van der Waals surface area contributed by atoms with E-state index in [-0.39, 0.29) is 16.2 Å². The van der Waals surface area contributed by atoms with Crippen molar-refractivity contribution in [3.8, 4) is 0 Å². The average molecular weight is 299 g/mol. The van der Waals surface area contributed by atoms with Gasteiger partial charge in [0.15, 0.2) is 6.17 Å². The number of hydrogen-bond acceptors (Lipinski definition) is 2. The van der Waals surface area contributed by atoms with Gasteiger partial charge in [-0.25, -0.2) is 0 Å². The van der Waals surface area contributed by atoms with Crippen LogP contribution in [0.5, 0.6) is 0 Å². The number of quaternary nitrogens is 1. The number of halogens is 1. The molecule has 2 heterocycles. The van der Waals surface area contributed by atoms with Crippen LogP contribution in [0.4, 0.5) is 0 Å². The van der Waals surface area contributed by atoms with E-state index >= 15 is 0 Å². The number of allylic oxidation sites excluding steroid dienone is 2. The molecule has 0 aromatic rings. The quantitative estimate of drug-likeness (QED) is 0.390. The SMILES string of the molecule is CN1C2=C(CC(Br)C=C2)C2(C)CC[N+](C)([O-])C12. The number of nitrogens with zero attached hydrogens (tertiary/aromatic N) is 2. The molecule has 2 aliphatic heterocycles. The molecule has 4 heteroatoms. The van der Waals surface area contributed by atoms with Gasteiger partial charge < -0.3 is 14.8 Å². The minimum Gasteiger partial charge on any atom is -0.631 e. The lowest BCUT2D eigenvalue weighted by Crippen LogP contribution is -2.52. The average Bonchev–Trinajstić information content (AvgIpc) is 2.61. The Morgan fingerprint density at radius 2 is 2.29 bits per heavy atom. The van der Waals surface area contributed by atoms with E-state index in [1.54, 1.807) is 0 Å². The lowest BCUT2D eigenvalue weighted by atomic mass is 9.77. The van der Waals surface area contributed by atoms with Crippen LogP contribution in [0, 0.1) is 10.6 Å². The lowest BCUT2D eigenvalue weighted by molar-refractivity contribution is -0.886. The van der Waals surface area contributed by atoms with Crippen molar-refractivity contribution in [3.05, 3.63) is 28.6 Å². The Balaban J connectivity index is 2.08. The summed E-state index contributed by atoms with van der Waals surface area (Å²) >= 11 is 3.67. The summed E-state index contributed by atoms with van der Waals surface area (Å²) in [6, 6.07) is 0. The monoisotopic (exact) mass is 298 g/mol. The molecule has 0 N–H and O–H groups in total. The Labute approximate surface area is 111 Å². The highest BCUT2D eigenvalue weighted by Gasteiger charge is 2.59. The predicted molar refractivity (Wildman–Crippen MR) is 72.2 cm³/mol. The van der Waals surface area contributed by atoms with Gasteiger partial charge in [-0.1, -0.05) is 22.0 Å². The highest BCUT2D eigenvalue weighted by Crippen LogP contribution is 2.56. The Bertz CT molecular complexity index is 429. The molecule has 3 aliphatic rings. The molecule has 4 unspecified atom stereocenters. The van der Waals surface area contributed by atoms with Crippen molar-refractivity contribution in [1.82, 2.24) is 4.90 Å². The summed E-state index contributed by atoms with van der Waals surface area (Å²) in [4.78, 5) is 2.64. The van der Waals surface area contributed by atoms with Gasteiger partial charge in [-0.2, -0.15) is 0 Å². The third kappa shape index (κ3) is 1.41. The minimum absolute atomic E-state index is 0.0648. The van der Waals surface area contributed by atoms with Gasteiger partial charge in [-0.3, -0.25) is 0 Å². The first-order valence-corrected chi connectivity index (χ1v) is 7.13. The molecule has 17 heavy (non-hydrogen) atoms. The van der Waals surface area contributed by atoms with E-state index in [4.69, 9.17) is 0 Å². The van der Waals surface area contributed by atoms with Crippen LogP contribution in [0.3, 0.4) is 0 Å². The second-order valence-corrected chi connectivity index (χ2v) is 7.17. The van der Waals surface area contributed by atoms with Crippen LogP contribution in [0.2, 0.25) is 0 Å². The fourth-order valence-corrected chi connectivity index (χ4v) is 4.54. The summed E-state index contributed by atoms with van der Waals surface area (Å²) in [5.74, 6) is 0. The topological polar surface area (TPSA) is 26.3 Å². The van der Waals surface area contributed by atoms with Gasteiger partial charge in [-0.15, -0.1) is 0 Å². The standard InChI is InChI=1S/C13H19BrN2O/c1-13-6-7-16(3,17)12(13)15(2)11-5-4-9(14)8-10(11)13/h4-5,9,12H,6-8H2,1-3H3. The van der Waals surface area contributed by atoms with Gasteiger partial charge in [0.1, 0.15) is 0 Å². The number of rotatable bonds is 0. The molecule has 1 fully saturated rings. The van der Waals surface area contributed by atoms with Gasteiger partial charge in [0, 0.05) is 24.0 Å². The molecule has 4 atom stereocenters. The molecule has 0 amide bonds. The van der Waals surface area contributed by atoms with Gasteiger partial charge in [0.05, 0.1) is 19.0 Å². The summed E-state index contributed by atoms with van der Waals surface area (Å²) in [6.07, 6.45) is 6.49. The van der Waals surface area contributed by atoms with E-state index < -0.39 is 0 Å². The highest BCUT2D eigenvalue weighted by molar-refractivity contribution is 9.09. The van der Waals surface area contributed by atoms with Gasteiger partial charge in [-0.05, 0) is 25.0 Å². The lowest BCUT2D eigenvalue weighted by Gasteiger charge is -2.45. The van der Waals surface area contributed by atoms with E-state index in [1.165, 1.54) is 11.3 Å². The molecule has 1 aliphatic carbocycles. The molecule has 0 aromatic heterocycles. The molecule has 0 aromatic carbocycles. The molecule has 1 saturated heterocycles. The predicted octanol–water partition coefficient (Wildman–Crippen LogP) is 2.59. The number of fused-ring (bicyclic) bond motifs is 2. The van der Waals surface area contributed by atoms with Crippen molar-refractivity contribution in [2.75, 3.05) is 20.6 Å².